The van der Waals surface area contributed by atoms with Crippen LogP contribution in [0.4, 0.5) is 0 Å². The van der Waals surface area contributed by atoms with Crippen molar-refractivity contribution in [3.8, 4) is 5.92 Å². The van der Waals surface area contributed by atoms with Gasteiger partial charge in [-0.2, -0.15) is 0 Å². The van der Waals surface area contributed by atoms with Crippen LogP contribution in [0.2, 0.25) is 0 Å². The molecule has 1 saturated carbocycles. The van der Waals surface area contributed by atoms with Gasteiger partial charge in [0, 0.05) is 11.3 Å². The molecule has 1 heteroatoms. The van der Waals surface area contributed by atoms with Crippen LogP contribution in [0.1, 0.15) is 25.7 Å². The number of rotatable bonds is 0. The van der Waals surface area contributed by atoms with Crippen LogP contribution in [-0.4, -0.2) is 5.38 Å². The van der Waals surface area contributed by atoms with E-state index in [2.05, 4.69) is 5.92 Å². The zero-order chi connectivity index (χ0) is 6.69. The third kappa shape index (κ3) is 1.91. The molecule has 1 aliphatic carbocycles. The molecule has 9 heavy (non-hydrogen) atoms. The fourth-order valence-electron chi connectivity index (χ4n) is 1.20. The van der Waals surface area contributed by atoms with E-state index in [1.165, 1.54) is 0 Å². The minimum Gasteiger partial charge on any atom is -0.123 e. The second-order valence-electron chi connectivity index (χ2n) is 2.59. The van der Waals surface area contributed by atoms with Gasteiger partial charge in [-0.3, -0.25) is 0 Å². The minimum atomic E-state index is 0.370. The van der Waals surface area contributed by atoms with Crippen molar-refractivity contribution in [2.45, 2.75) is 31.1 Å². The Kier molecular flexibility index (Phi) is 2.42. The second-order valence-corrected chi connectivity index (χ2v) is 3.21. The van der Waals surface area contributed by atoms with E-state index in [-0.39, 0.29) is 0 Å². The molecule has 1 fully saturated rings. The molecule has 0 saturated heterocycles. The van der Waals surface area contributed by atoms with Crippen LogP contribution in [0.3, 0.4) is 0 Å². The third-order valence-corrected chi connectivity index (χ3v) is 2.30. The first kappa shape index (κ1) is 6.96. The predicted molar refractivity (Wildman–Crippen MR) is 38.7 cm³/mol. The van der Waals surface area contributed by atoms with Crippen molar-refractivity contribution >= 4 is 11.6 Å². The Bertz CT molecular complexity index is 115. The number of alkyl halides is 1. The molecular formula is C8H10Cl. The Morgan fingerprint density at radius 1 is 1.22 bits per heavy atom. The third-order valence-electron chi connectivity index (χ3n) is 1.86. The van der Waals surface area contributed by atoms with Crippen LogP contribution in [0.15, 0.2) is 0 Å². The SMILES string of the molecule is [C]#CC1CCC(Cl)CC1. The van der Waals surface area contributed by atoms with Gasteiger partial charge in [0.05, 0.1) is 0 Å². The summed E-state index contributed by atoms with van der Waals surface area (Å²) in [7, 11) is 0. The lowest BCUT2D eigenvalue weighted by Gasteiger charge is -2.19. The average Bonchev–Trinajstić information content (AvgIpc) is 1.90. The summed E-state index contributed by atoms with van der Waals surface area (Å²) in [5.74, 6) is 2.92. The molecule has 0 aromatic heterocycles. The fraction of sp³-hybridized carbons (Fsp3) is 0.750. The van der Waals surface area contributed by atoms with Gasteiger partial charge in [-0.1, -0.05) is 5.92 Å². The Hall–Kier alpha value is -0.150. The first-order valence-corrected chi connectivity index (χ1v) is 3.83. The van der Waals surface area contributed by atoms with E-state index in [1.54, 1.807) is 0 Å². The number of hydrogen-bond donors (Lipinski definition) is 0. The smallest absolute Gasteiger partial charge is 0.0337 e. The predicted octanol–water partition coefficient (Wildman–Crippen LogP) is 2.37. The van der Waals surface area contributed by atoms with Crippen molar-refractivity contribution in [1.82, 2.24) is 0 Å². The Balaban J connectivity index is 2.28. The van der Waals surface area contributed by atoms with Crippen molar-refractivity contribution in [2.24, 2.45) is 5.92 Å². The van der Waals surface area contributed by atoms with Gasteiger partial charge in [-0.25, -0.2) is 0 Å². The van der Waals surface area contributed by atoms with Crippen LogP contribution >= 0.6 is 11.6 Å². The highest BCUT2D eigenvalue weighted by molar-refractivity contribution is 6.20. The van der Waals surface area contributed by atoms with E-state index in [1.807, 2.05) is 0 Å². The van der Waals surface area contributed by atoms with Gasteiger partial charge in [0.1, 0.15) is 0 Å². The average molecular weight is 142 g/mol. The molecule has 0 N–H and O–H groups in total. The molecule has 1 aliphatic rings. The molecule has 0 nitrogen and oxygen atoms in total. The van der Waals surface area contributed by atoms with Gasteiger partial charge < -0.3 is 0 Å². The Morgan fingerprint density at radius 2 is 1.78 bits per heavy atom. The number of hydrogen-bond acceptors (Lipinski definition) is 0. The van der Waals surface area contributed by atoms with Crippen LogP contribution in [-0.2, 0) is 0 Å². The number of halogens is 1. The summed E-state index contributed by atoms with van der Waals surface area (Å²) in [5.41, 5.74) is 0. The van der Waals surface area contributed by atoms with E-state index in [9.17, 15) is 0 Å². The van der Waals surface area contributed by atoms with Gasteiger partial charge in [-0.15, -0.1) is 11.6 Å². The maximum atomic E-state index is 6.87. The van der Waals surface area contributed by atoms with Gasteiger partial charge in [-0.05, 0) is 32.1 Å². The molecule has 0 spiro atoms. The van der Waals surface area contributed by atoms with E-state index >= 15 is 0 Å². The maximum absolute atomic E-state index is 6.87. The van der Waals surface area contributed by atoms with Crippen molar-refractivity contribution in [1.29, 1.82) is 0 Å². The summed E-state index contributed by atoms with van der Waals surface area (Å²) in [6.07, 6.45) is 11.1. The summed E-state index contributed by atoms with van der Waals surface area (Å²) < 4.78 is 0. The summed E-state index contributed by atoms with van der Waals surface area (Å²) in [5, 5.41) is 0.370. The highest BCUT2D eigenvalue weighted by atomic mass is 35.5. The molecule has 0 aromatic rings. The summed E-state index contributed by atoms with van der Waals surface area (Å²) >= 11 is 5.85. The highest BCUT2D eigenvalue weighted by Gasteiger charge is 2.16. The van der Waals surface area contributed by atoms with E-state index in [0.29, 0.717) is 11.3 Å². The maximum Gasteiger partial charge on any atom is 0.0337 e. The quantitative estimate of drug-likeness (QED) is 0.359. The molecular weight excluding hydrogens is 132 g/mol. The summed E-state index contributed by atoms with van der Waals surface area (Å²) in [6, 6.07) is 0. The van der Waals surface area contributed by atoms with Crippen LogP contribution in [0.25, 0.3) is 0 Å². The zero-order valence-electron chi connectivity index (χ0n) is 5.36. The normalized spacial score (nSPS) is 35.6. The van der Waals surface area contributed by atoms with Gasteiger partial charge >= 0.3 is 0 Å². The lowest BCUT2D eigenvalue weighted by molar-refractivity contribution is 0.435. The molecule has 0 unspecified atom stereocenters. The van der Waals surface area contributed by atoms with E-state index in [0.717, 1.165) is 25.7 Å². The first-order chi connectivity index (χ1) is 4.33. The summed E-state index contributed by atoms with van der Waals surface area (Å²) in [6.45, 7) is 0. The topological polar surface area (TPSA) is 0 Å². The molecule has 0 amide bonds. The second kappa shape index (κ2) is 3.13. The van der Waals surface area contributed by atoms with E-state index in [4.69, 9.17) is 18.0 Å². The minimum absolute atomic E-state index is 0.370. The highest BCUT2D eigenvalue weighted by Crippen LogP contribution is 2.26. The van der Waals surface area contributed by atoms with Crippen molar-refractivity contribution in [3.63, 3.8) is 0 Å². The van der Waals surface area contributed by atoms with Crippen LogP contribution in [0, 0.1) is 18.3 Å². The van der Waals surface area contributed by atoms with Gasteiger partial charge in [0.15, 0.2) is 0 Å². The van der Waals surface area contributed by atoms with Gasteiger partial charge in [0.2, 0.25) is 0 Å². The van der Waals surface area contributed by atoms with E-state index < -0.39 is 0 Å². The molecule has 0 bridgehead atoms. The molecule has 49 valence electrons. The molecule has 0 aromatic carbocycles. The van der Waals surface area contributed by atoms with Crippen molar-refractivity contribution in [3.05, 3.63) is 6.42 Å². The van der Waals surface area contributed by atoms with Crippen LogP contribution < -0.4 is 0 Å². The van der Waals surface area contributed by atoms with Crippen LogP contribution in [0.5, 0.6) is 0 Å². The van der Waals surface area contributed by atoms with Crippen molar-refractivity contribution in [2.75, 3.05) is 0 Å². The summed E-state index contributed by atoms with van der Waals surface area (Å²) in [4.78, 5) is 0. The Morgan fingerprint density at radius 3 is 2.22 bits per heavy atom. The molecule has 1 rings (SSSR count). The lowest BCUT2D eigenvalue weighted by atomic mass is 9.90. The Labute approximate surface area is 61.6 Å². The molecule has 1 radical (unpaired) electrons. The van der Waals surface area contributed by atoms with Gasteiger partial charge in [0.25, 0.3) is 0 Å². The largest absolute Gasteiger partial charge is 0.123 e. The first-order valence-electron chi connectivity index (χ1n) is 3.39. The monoisotopic (exact) mass is 141 g/mol. The zero-order valence-corrected chi connectivity index (χ0v) is 6.12. The molecule has 0 aliphatic heterocycles. The molecule has 0 heterocycles. The lowest BCUT2D eigenvalue weighted by Crippen LogP contribution is -2.12. The molecule has 0 atom stereocenters. The fourth-order valence-corrected chi connectivity index (χ4v) is 1.45. The van der Waals surface area contributed by atoms with Crippen molar-refractivity contribution < 1.29 is 0 Å². The standard InChI is InChI=1S/C8H10Cl/c1-2-7-3-5-8(9)6-4-7/h7-8H,3-6H2.